The van der Waals surface area contributed by atoms with Crippen LogP contribution in [0.15, 0.2) is 35.7 Å². The Morgan fingerprint density at radius 1 is 1.50 bits per heavy atom. The number of aryl methyl sites for hydroxylation is 1. The van der Waals surface area contributed by atoms with Crippen LogP contribution in [-0.2, 0) is 14.8 Å². The molecule has 1 aromatic rings. The highest BCUT2D eigenvalue weighted by Gasteiger charge is 2.11. The number of carbonyl (C=O) groups is 1. The summed E-state index contributed by atoms with van der Waals surface area (Å²) in [5, 5.41) is 7.68. The predicted octanol–water partition coefficient (Wildman–Crippen LogP) is 1.55. The van der Waals surface area contributed by atoms with Gasteiger partial charge in [-0.05, 0) is 31.0 Å². The van der Waals surface area contributed by atoms with Crippen molar-refractivity contribution in [2.75, 3.05) is 5.32 Å². The minimum Gasteiger partial charge on any atom is -0.326 e. The summed E-state index contributed by atoms with van der Waals surface area (Å²) in [6.07, 6.45) is 2.52. The molecule has 0 spiro atoms. The second-order valence-corrected chi connectivity index (χ2v) is 5.46. The van der Waals surface area contributed by atoms with E-state index in [-0.39, 0.29) is 10.8 Å². The standard InChI is InChI=1S/C12H16N2O3S/c1-3-4-5-12(15)14-11-8-10(18(13,16)17)7-6-9(11)2/h3,6-8H,1,4-5H2,2H3,(H,14,15)(H2,13,16,17). The van der Waals surface area contributed by atoms with Gasteiger partial charge in [0.05, 0.1) is 4.90 Å². The second kappa shape index (κ2) is 5.79. The number of allylic oxidation sites excluding steroid dienone is 1. The molecule has 0 radical (unpaired) electrons. The maximum Gasteiger partial charge on any atom is 0.238 e. The summed E-state index contributed by atoms with van der Waals surface area (Å²) in [6, 6.07) is 4.36. The van der Waals surface area contributed by atoms with E-state index in [0.717, 1.165) is 5.56 Å². The summed E-state index contributed by atoms with van der Waals surface area (Å²) in [5.41, 5.74) is 1.23. The lowest BCUT2D eigenvalue weighted by Crippen LogP contribution is -2.15. The van der Waals surface area contributed by atoms with Gasteiger partial charge in [0.15, 0.2) is 0 Å². The fourth-order valence-electron chi connectivity index (χ4n) is 1.36. The summed E-state index contributed by atoms with van der Waals surface area (Å²) in [4.78, 5) is 11.5. The molecule has 18 heavy (non-hydrogen) atoms. The van der Waals surface area contributed by atoms with Gasteiger partial charge in [0.25, 0.3) is 0 Å². The van der Waals surface area contributed by atoms with E-state index in [1.54, 1.807) is 19.1 Å². The van der Waals surface area contributed by atoms with Gasteiger partial charge in [-0.1, -0.05) is 12.1 Å². The molecule has 5 nitrogen and oxygen atoms in total. The number of hydrogen-bond donors (Lipinski definition) is 2. The average molecular weight is 268 g/mol. The lowest BCUT2D eigenvalue weighted by molar-refractivity contribution is -0.116. The molecule has 1 aromatic carbocycles. The van der Waals surface area contributed by atoms with Crippen molar-refractivity contribution in [1.82, 2.24) is 0 Å². The van der Waals surface area contributed by atoms with E-state index in [0.29, 0.717) is 18.5 Å². The lowest BCUT2D eigenvalue weighted by atomic mass is 10.2. The Hall–Kier alpha value is -1.66. The third-order valence-corrected chi connectivity index (χ3v) is 3.30. The minimum absolute atomic E-state index is 0.0212. The molecule has 6 heteroatoms. The summed E-state index contributed by atoms with van der Waals surface area (Å²) in [6.45, 7) is 5.30. The molecule has 0 aliphatic rings. The predicted molar refractivity (Wildman–Crippen MR) is 70.6 cm³/mol. The van der Waals surface area contributed by atoms with E-state index in [1.807, 2.05) is 0 Å². The minimum atomic E-state index is -3.76. The molecule has 0 aliphatic carbocycles. The first kappa shape index (κ1) is 14.4. The molecule has 1 rings (SSSR count). The monoisotopic (exact) mass is 268 g/mol. The van der Waals surface area contributed by atoms with Crippen molar-refractivity contribution in [2.24, 2.45) is 5.14 Å². The van der Waals surface area contributed by atoms with Gasteiger partial charge in [0, 0.05) is 12.1 Å². The third-order valence-electron chi connectivity index (χ3n) is 2.39. The normalized spacial score (nSPS) is 11.0. The average Bonchev–Trinajstić information content (AvgIpc) is 2.28. The first-order valence-corrected chi connectivity index (χ1v) is 6.93. The van der Waals surface area contributed by atoms with Crippen molar-refractivity contribution in [3.63, 3.8) is 0 Å². The Labute approximate surface area is 107 Å². The molecule has 0 unspecified atom stereocenters. The van der Waals surface area contributed by atoms with E-state index in [1.165, 1.54) is 12.1 Å². The van der Waals surface area contributed by atoms with Gasteiger partial charge in [0.1, 0.15) is 0 Å². The third kappa shape index (κ3) is 3.97. The number of nitrogens with two attached hydrogens (primary N) is 1. The van der Waals surface area contributed by atoms with E-state index < -0.39 is 10.0 Å². The molecule has 1 amide bonds. The zero-order valence-electron chi connectivity index (χ0n) is 10.1. The number of primary sulfonamides is 1. The van der Waals surface area contributed by atoms with Crippen LogP contribution in [0.4, 0.5) is 5.69 Å². The quantitative estimate of drug-likeness (QED) is 0.794. The van der Waals surface area contributed by atoms with Crippen LogP contribution < -0.4 is 10.5 Å². The van der Waals surface area contributed by atoms with E-state index >= 15 is 0 Å². The Bertz CT molecular complexity index is 565. The largest absolute Gasteiger partial charge is 0.326 e. The summed E-state index contributed by atoms with van der Waals surface area (Å²) >= 11 is 0. The van der Waals surface area contributed by atoms with Gasteiger partial charge in [-0.2, -0.15) is 0 Å². The number of amides is 1. The number of benzene rings is 1. The molecule has 0 saturated carbocycles. The molecule has 0 aromatic heterocycles. The molecule has 0 bridgehead atoms. The van der Waals surface area contributed by atoms with Crippen molar-refractivity contribution in [2.45, 2.75) is 24.7 Å². The van der Waals surface area contributed by atoms with Crippen molar-refractivity contribution < 1.29 is 13.2 Å². The molecular formula is C12H16N2O3S. The zero-order chi connectivity index (χ0) is 13.8. The fourth-order valence-corrected chi connectivity index (χ4v) is 1.90. The maximum absolute atomic E-state index is 11.5. The van der Waals surface area contributed by atoms with Gasteiger partial charge >= 0.3 is 0 Å². The van der Waals surface area contributed by atoms with E-state index in [9.17, 15) is 13.2 Å². The summed E-state index contributed by atoms with van der Waals surface area (Å²) in [5.74, 6) is -0.190. The smallest absolute Gasteiger partial charge is 0.238 e. The van der Waals surface area contributed by atoms with Crippen molar-refractivity contribution in [3.05, 3.63) is 36.4 Å². The number of anilines is 1. The highest BCUT2D eigenvalue weighted by Crippen LogP contribution is 2.19. The lowest BCUT2D eigenvalue weighted by Gasteiger charge is -2.09. The Morgan fingerprint density at radius 3 is 2.72 bits per heavy atom. The van der Waals surface area contributed by atoms with Gasteiger partial charge in [-0.25, -0.2) is 13.6 Å². The van der Waals surface area contributed by atoms with Gasteiger partial charge in [-0.3, -0.25) is 4.79 Å². The van der Waals surface area contributed by atoms with Crippen LogP contribution in [0.3, 0.4) is 0 Å². The molecular weight excluding hydrogens is 252 g/mol. The van der Waals surface area contributed by atoms with Crippen LogP contribution in [0.1, 0.15) is 18.4 Å². The van der Waals surface area contributed by atoms with Gasteiger partial charge in [-0.15, -0.1) is 6.58 Å². The van der Waals surface area contributed by atoms with Crippen molar-refractivity contribution in [3.8, 4) is 0 Å². The Kier molecular flexibility index (Phi) is 4.63. The molecule has 0 atom stereocenters. The number of sulfonamides is 1. The van der Waals surface area contributed by atoms with Gasteiger partial charge in [0.2, 0.25) is 15.9 Å². The first-order chi connectivity index (χ1) is 8.34. The van der Waals surface area contributed by atoms with E-state index in [2.05, 4.69) is 11.9 Å². The van der Waals surface area contributed by atoms with E-state index in [4.69, 9.17) is 5.14 Å². The number of hydrogen-bond acceptors (Lipinski definition) is 3. The maximum atomic E-state index is 11.5. The topological polar surface area (TPSA) is 89.3 Å². The second-order valence-electron chi connectivity index (χ2n) is 3.90. The highest BCUT2D eigenvalue weighted by atomic mass is 32.2. The summed E-state index contributed by atoms with van der Waals surface area (Å²) < 4.78 is 22.4. The van der Waals surface area contributed by atoms with Gasteiger partial charge < -0.3 is 5.32 Å². The highest BCUT2D eigenvalue weighted by molar-refractivity contribution is 7.89. The SMILES string of the molecule is C=CCCC(=O)Nc1cc(S(N)(=O)=O)ccc1C. The van der Waals surface area contributed by atoms with Crippen LogP contribution in [-0.4, -0.2) is 14.3 Å². The molecule has 0 heterocycles. The zero-order valence-corrected chi connectivity index (χ0v) is 11.0. The van der Waals surface area contributed by atoms with Crippen LogP contribution in [0.2, 0.25) is 0 Å². The molecule has 98 valence electrons. The Balaban J connectivity index is 2.95. The fraction of sp³-hybridized carbons (Fsp3) is 0.250. The number of rotatable bonds is 5. The molecule has 0 saturated heterocycles. The first-order valence-electron chi connectivity index (χ1n) is 5.39. The van der Waals surface area contributed by atoms with Crippen molar-refractivity contribution in [1.29, 1.82) is 0 Å². The molecule has 0 aliphatic heterocycles. The number of carbonyl (C=O) groups excluding carboxylic acids is 1. The molecule has 3 N–H and O–H groups in total. The van der Waals surface area contributed by atoms with Crippen LogP contribution in [0.5, 0.6) is 0 Å². The van der Waals surface area contributed by atoms with Crippen LogP contribution in [0, 0.1) is 6.92 Å². The Morgan fingerprint density at radius 2 is 2.17 bits per heavy atom. The van der Waals surface area contributed by atoms with Crippen LogP contribution in [0.25, 0.3) is 0 Å². The van der Waals surface area contributed by atoms with Crippen LogP contribution >= 0.6 is 0 Å². The number of nitrogens with one attached hydrogen (secondary N) is 1. The van der Waals surface area contributed by atoms with Crippen molar-refractivity contribution >= 4 is 21.6 Å². The summed E-state index contributed by atoms with van der Waals surface area (Å²) in [7, 11) is -3.76. The molecule has 0 fully saturated rings.